The molecule has 1 unspecified atom stereocenters. The molecule has 0 spiro atoms. The third kappa shape index (κ3) is 3.46. The number of nitrogens with one attached hydrogen (secondary N) is 1. The summed E-state index contributed by atoms with van der Waals surface area (Å²) in [6.07, 6.45) is 5.91. The quantitative estimate of drug-likeness (QED) is 0.906. The van der Waals surface area contributed by atoms with Gasteiger partial charge in [0.1, 0.15) is 0 Å². The predicted octanol–water partition coefficient (Wildman–Crippen LogP) is 2.20. The topological polar surface area (TPSA) is 49.4 Å². The zero-order chi connectivity index (χ0) is 14.7. The van der Waals surface area contributed by atoms with Crippen LogP contribution in [-0.4, -0.2) is 35.8 Å². The number of likely N-dealkylation sites (tertiary alicyclic amines) is 1. The SMILES string of the molecule is O=C(NCCc1cccs1)C1CC(=O)N(C2CCCC2)C1. The molecule has 0 radical (unpaired) electrons. The third-order valence-electron chi connectivity index (χ3n) is 4.55. The van der Waals surface area contributed by atoms with Crippen LogP contribution in [0.2, 0.25) is 0 Å². The molecule has 2 aliphatic rings. The average Bonchev–Trinajstić information content (AvgIpc) is 3.19. The molecule has 2 fully saturated rings. The van der Waals surface area contributed by atoms with Gasteiger partial charge >= 0.3 is 0 Å². The van der Waals surface area contributed by atoms with Gasteiger partial charge in [0.15, 0.2) is 0 Å². The smallest absolute Gasteiger partial charge is 0.225 e. The highest BCUT2D eigenvalue weighted by molar-refractivity contribution is 7.09. The van der Waals surface area contributed by atoms with Crippen LogP contribution in [0.1, 0.15) is 37.0 Å². The van der Waals surface area contributed by atoms with Crippen LogP contribution in [-0.2, 0) is 16.0 Å². The summed E-state index contributed by atoms with van der Waals surface area (Å²) in [5, 5.41) is 5.03. The lowest BCUT2D eigenvalue weighted by Crippen LogP contribution is -2.37. The summed E-state index contributed by atoms with van der Waals surface area (Å²) in [7, 11) is 0. The van der Waals surface area contributed by atoms with Crippen molar-refractivity contribution in [3.05, 3.63) is 22.4 Å². The number of hydrogen-bond donors (Lipinski definition) is 1. The number of nitrogens with zero attached hydrogens (tertiary/aromatic N) is 1. The Bertz CT molecular complexity index is 494. The molecule has 0 aromatic carbocycles. The lowest BCUT2D eigenvalue weighted by Gasteiger charge is -2.23. The summed E-state index contributed by atoms with van der Waals surface area (Å²) in [6, 6.07) is 4.50. The van der Waals surface area contributed by atoms with Gasteiger partial charge < -0.3 is 10.2 Å². The zero-order valence-corrected chi connectivity index (χ0v) is 13.0. The second-order valence-electron chi connectivity index (χ2n) is 6.01. The van der Waals surface area contributed by atoms with Gasteiger partial charge in [0, 0.05) is 30.4 Å². The summed E-state index contributed by atoms with van der Waals surface area (Å²) >= 11 is 1.71. The molecule has 1 N–H and O–H groups in total. The number of hydrogen-bond acceptors (Lipinski definition) is 3. The number of carbonyl (C=O) groups is 2. The van der Waals surface area contributed by atoms with E-state index in [0.717, 1.165) is 19.3 Å². The highest BCUT2D eigenvalue weighted by Crippen LogP contribution is 2.29. The molecule has 0 bridgehead atoms. The Morgan fingerprint density at radius 1 is 1.38 bits per heavy atom. The Hall–Kier alpha value is -1.36. The van der Waals surface area contributed by atoms with Gasteiger partial charge in [0.25, 0.3) is 0 Å². The molecular formula is C16H22N2O2S. The molecule has 21 heavy (non-hydrogen) atoms. The van der Waals surface area contributed by atoms with Gasteiger partial charge in [-0.15, -0.1) is 11.3 Å². The molecule has 3 rings (SSSR count). The molecule has 5 heteroatoms. The maximum absolute atomic E-state index is 12.2. The van der Waals surface area contributed by atoms with Gasteiger partial charge in [-0.05, 0) is 30.7 Å². The Balaban J connectivity index is 1.46. The van der Waals surface area contributed by atoms with Crippen molar-refractivity contribution in [1.29, 1.82) is 0 Å². The van der Waals surface area contributed by atoms with Crippen LogP contribution in [0.3, 0.4) is 0 Å². The van der Waals surface area contributed by atoms with Crippen LogP contribution < -0.4 is 5.32 Å². The van der Waals surface area contributed by atoms with Crippen molar-refractivity contribution in [2.75, 3.05) is 13.1 Å². The Morgan fingerprint density at radius 2 is 2.19 bits per heavy atom. The molecule has 4 nitrogen and oxygen atoms in total. The third-order valence-corrected chi connectivity index (χ3v) is 5.48. The molecule has 2 amide bonds. The van der Waals surface area contributed by atoms with E-state index >= 15 is 0 Å². The van der Waals surface area contributed by atoms with Gasteiger partial charge in [-0.3, -0.25) is 9.59 Å². The van der Waals surface area contributed by atoms with E-state index in [2.05, 4.69) is 11.4 Å². The first kappa shape index (κ1) is 14.6. The maximum atomic E-state index is 12.2. The van der Waals surface area contributed by atoms with E-state index in [0.29, 0.717) is 25.6 Å². The van der Waals surface area contributed by atoms with Gasteiger partial charge in [0.05, 0.1) is 5.92 Å². The fraction of sp³-hybridized carbons (Fsp3) is 0.625. The molecule has 1 saturated carbocycles. The normalized spacial score (nSPS) is 23.0. The van der Waals surface area contributed by atoms with Crippen LogP contribution in [0.4, 0.5) is 0 Å². The first-order chi connectivity index (χ1) is 10.2. The predicted molar refractivity (Wildman–Crippen MR) is 83.1 cm³/mol. The van der Waals surface area contributed by atoms with E-state index in [9.17, 15) is 9.59 Å². The molecule has 1 aliphatic carbocycles. The van der Waals surface area contributed by atoms with E-state index in [1.807, 2.05) is 16.3 Å². The maximum Gasteiger partial charge on any atom is 0.225 e. The monoisotopic (exact) mass is 306 g/mol. The van der Waals surface area contributed by atoms with Crippen molar-refractivity contribution < 1.29 is 9.59 Å². The Kier molecular flexibility index (Phi) is 4.58. The molecule has 1 aromatic rings. The van der Waals surface area contributed by atoms with Crippen molar-refractivity contribution in [2.24, 2.45) is 5.92 Å². The molecule has 2 heterocycles. The molecule has 1 atom stereocenters. The highest BCUT2D eigenvalue weighted by Gasteiger charge is 2.38. The van der Waals surface area contributed by atoms with Gasteiger partial charge in [-0.25, -0.2) is 0 Å². The van der Waals surface area contributed by atoms with E-state index < -0.39 is 0 Å². The summed E-state index contributed by atoms with van der Waals surface area (Å²) in [6.45, 7) is 1.28. The first-order valence-electron chi connectivity index (χ1n) is 7.83. The largest absolute Gasteiger partial charge is 0.355 e. The Morgan fingerprint density at radius 3 is 2.90 bits per heavy atom. The van der Waals surface area contributed by atoms with Crippen LogP contribution in [0.15, 0.2) is 17.5 Å². The zero-order valence-electron chi connectivity index (χ0n) is 12.2. The van der Waals surface area contributed by atoms with Crippen LogP contribution in [0.5, 0.6) is 0 Å². The van der Waals surface area contributed by atoms with Crippen molar-refractivity contribution in [3.8, 4) is 0 Å². The van der Waals surface area contributed by atoms with Gasteiger partial charge in [-0.1, -0.05) is 18.9 Å². The summed E-state index contributed by atoms with van der Waals surface area (Å²) in [4.78, 5) is 27.5. The molecule has 1 saturated heterocycles. The Labute approximate surface area is 129 Å². The number of carbonyl (C=O) groups excluding carboxylic acids is 2. The van der Waals surface area contributed by atoms with Gasteiger partial charge in [-0.2, -0.15) is 0 Å². The fourth-order valence-electron chi connectivity index (χ4n) is 3.38. The highest BCUT2D eigenvalue weighted by atomic mass is 32.1. The molecule has 1 aromatic heterocycles. The van der Waals surface area contributed by atoms with Gasteiger partial charge in [0.2, 0.25) is 11.8 Å². The van der Waals surface area contributed by atoms with E-state index in [4.69, 9.17) is 0 Å². The lowest BCUT2D eigenvalue weighted by molar-refractivity contribution is -0.130. The van der Waals surface area contributed by atoms with Crippen LogP contribution >= 0.6 is 11.3 Å². The van der Waals surface area contributed by atoms with Crippen molar-refractivity contribution >= 4 is 23.2 Å². The molecule has 1 aliphatic heterocycles. The number of rotatable bonds is 5. The van der Waals surface area contributed by atoms with Crippen molar-refractivity contribution in [1.82, 2.24) is 10.2 Å². The van der Waals surface area contributed by atoms with E-state index in [-0.39, 0.29) is 17.7 Å². The van der Waals surface area contributed by atoms with Crippen LogP contribution in [0, 0.1) is 5.92 Å². The minimum Gasteiger partial charge on any atom is -0.355 e. The fourth-order valence-corrected chi connectivity index (χ4v) is 4.09. The summed E-state index contributed by atoms with van der Waals surface area (Å²) in [5.74, 6) is 0.0575. The van der Waals surface area contributed by atoms with E-state index in [1.54, 1.807) is 11.3 Å². The first-order valence-corrected chi connectivity index (χ1v) is 8.71. The molecular weight excluding hydrogens is 284 g/mol. The molecule has 114 valence electrons. The second-order valence-corrected chi connectivity index (χ2v) is 7.04. The van der Waals surface area contributed by atoms with Crippen LogP contribution in [0.25, 0.3) is 0 Å². The summed E-state index contributed by atoms with van der Waals surface area (Å²) in [5.41, 5.74) is 0. The minimum atomic E-state index is -0.151. The van der Waals surface area contributed by atoms with E-state index in [1.165, 1.54) is 17.7 Å². The lowest BCUT2D eigenvalue weighted by atomic mass is 10.1. The minimum absolute atomic E-state index is 0.0420. The number of thiophene rings is 1. The van der Waals surface area contributed by atoms with Crippen molar-refractivity contribution in [3.63, 3.8) is 0 Å². The van der Waals surface area contributed by atoms with Crippen molar-refractivity contribution in [2.45, 2.75) is 44.6 Å². The number of amides is 2. The standard InChI is InChI=1S/C16H22N2O2S/c19-15-10-12(11-18(15)13-4-1-2-5-13)16(20)17-8-7-14-6-3-9-21-14/h3,6,9,12-13H,1-2,4-5,7-8,10-11H2,(H,17,20). The second kappa shape index (κ2) is 6.60. The summed E-state index contributed by atoms with van der Waals surface area (Å²) < 4.78 is 0. The average molecular weight is 306 g/mol.